The van der Waals surface area contributed by atoms with Crippen molar-refractivity contribution in [2.45, 2.75) is 64.6 Å². The summed E-state index contributed by atoms with van der Waals surface area (Å²) < 4.78 is 54.3. The van der Waals surface area contributed by atoms with Crippen molar-refractivity contribution >= 4 is 28.8 Å². The van der Waals surface area contributed by atoms with E-state index in [9.17, 15) is 17.1 Å². The van der Waals surface area contributed by atoms with Crippen molar-refractivity contribution in [2.24, 2.45) is 0 Å². The van der Waals surface area contributed by atoms with Crippen LogP contribution in [0.5, 0.6) is 0 Å². The van der Waals surface area contributed by atoms with Gasteiger partial charge < -0.3 is 14.0 Å². The number of carbonyl (C=O) groups excluding carboxylic acids is 1. The molecule has 1 aliphatic rings. The number of hydrogen-bond donors (Lipinski definition) is 0. The highest BCUT2D eigenvalue weighted by molar-refractivity contribution is 7.86. The molecule has 1 saturated heterocycles. The maximum Gasteiger partial charge on any atom is 0.495 e. The highest BCUT2D eigenvalue weighted by Gasteiger charge is 2.53. The summed E-state index contributed by atoms with van der Waals surface area (Å²) in [6.45, 7) is 11.9. The van der Waals surface area contributed by atoms with E-state index < -0.39 is 39.4 Å². The molecule has 0 N–H and O–H groups in total. The molecule has 0 amide bonds. The van der Waals surface area contributed by atoms with E-state index >= 15 is 0 Å². The molecule has 0 aliphatic carbocycles. The number of halogens is 1. The van der Waals surface area contributed by atoms with Gasteiger partial charge in [0, 0.05) is 0 Å². The van der Waals surface area contributed by atoms with Gasteiger partial charge in [-0.3, -0.25) is 0 Å². The summed E-state index contributed by atoms with van der Waals surface area (Å²) in [5, 5.41) is 0. The Morgan fingerprint density at radius 1 is 1.00 bits per heavy atom. The average molecular weight is 386 g/mol. The molecule has 0 saturated carbocycles. The zero-order valence-electron chi connectivity index (χ0n) is 16.3. The second kappa shape index (κ2) is 6.32. The molecule has 0 bridgehead atoms. The fourth-order valence-corrected chi connectivity index (χ4v) is 4.25. The Morgan fingerprint density at radius 2 is 1.46 bits per heavy atom. The molecule has 6 nitrogen and oxygen atoms in total. The van der Waals surface area contributed by atoms with Crippen LogP contribution in [0.1, 0.15) is 54.7 Å². The molecular weight excluding hydrogens is 362 g/mol. The zero-order valence-corrected chi connectivity index (χ0v) is 17.1. The van der Waals surface area contributed by atoms with Crippen molar-refractivity contribution in [1.82, 2.24) is 0 Å². The van der Waals surface area contributed by atoms with Crippen LogP contribution in [0.2, 0.25) is 0 Å². The first-order chi connectivity index (χ1) is 11.7. The molecule has 0 atom stereocenters. The Kier molecular flexibility index (Phi) is 5.07. The molecule has 26 heavy (non-hydrogen) atoms. The van der Waals surface area contributed by atoms with Gasteiger partial charge >= 0.3 is 23.3 Å². The third kappa shape index (κ3) is 3.16. The number of rotatable bonds is 3. The van der Waals surface area contributed by atoms with Crippen molar-refractivity contribution in [3.8, 4) is 0 Å². The molecule has 0 unspecified atom stereocenters. The molecule has 144 valence electrons. The van der Waals surface area contributed by atoms with E-state index in [1.807, 2.05) is 27.7 Å². The second-order valence-electron chi connectivity index (χ2n) is 7.51. The van der Waals surface area contributed by atoms with E-state index in [4.69, 9.17) is 14.0 Å². The second-order valence-corrected chi connectivity index (χ2v) is 8.79. The minimum atomic E-state index is -5.07. The summed E-state index contributed by atoms with van der Waals surface area (Å²) in [5.74, 6) is -0.748. The highest BCUT2D eigenvalue weighted by atomic mass is 32.3. The highest BCUT2D eigenvalue weighted by Crippen LogP contribution is 2.38. The third-order valence-electron chi connectivity index (χ3n) is 5.36. The normalized spacial score (nSPS) is 18.9. The lowest BCUT2D eigenvalue weighted by Crippen LogP contribution is -2.41. The number of benzene rings is 1. The minimum Gasteiger partial charge on any atom is -0.465 e. The fraction of sp³-hybridized carbons (Fsp3) is 0.588. The Bertz CT molecular complexity index is 860. The van der Waals surface area contributed by atoms with Gasteiger partial charge in [-0.1, -0.05) is 0 Å². The maximum atomic E-state index is 14.0. The SMILES string of the molecule is COC(=O)c1c(C)c(B2OC(C)(C)C(C)(C)O2)c(C)c(S(=O)(=O)F)c1C. The van der Waals surface area contributed by atoms with Crippen LogP contribution in [-0.4, -0.2) is 39.8 Å². The lowest BCUT2D eigenvalue weighted by atomic mass is 9.71. The summed E-state index contributed by atoms with van der Waals surface area (Å²) in [4.78, 5) is 11.7. The molecule has 2 rings (SSSR count). The Hall–Kier alpha value is -1.45. The van der Waals surface area contributed by atoms with Crippen LogP contribution in [0, 0.1) is 20.8 Å². The molecule has 1 fully saturated rings. The van der Waals surface area contributed by atoms with Gasteiger partial charge in [0.05, 0.1) is 23.9 Å². The van der Waals surface area contributed by atoms with E-state index in [2.05, 4.69) is 0 Å². The summed E-state index contributed by atoms with van der Waals surface area (Å²) in [7, 11) is -4.83. The first-order valence-electron chi connectivity index (χ1n) is 8.18. The van der Waals surface area contributed by atoms with Crippen molar-refractivity contribution in [3.63, 3.8) is 0 Å². The van der Waals surface area contributed by atoms with E-state index in [0.717, 1.165) is 0 Å². The zero-order chi connectivity index (χ0) is 20.2. The molecule has 9 heteroatoms. The van der Waals surface area contributed by atoms with Crippen LogP contribution in [0.4, 0.5) is 3.89 Å². The number of esters is 1. The average Bonchev–Trinajstić information content (AvgIpc) is 2.64. The smallest absolute Gasteiger partial charge is 0.465 e. The van der Waals surface area contributed by atoms with Crippen molar-refractivity contribution in [2.75, 3.05) is 7.11 Å². The van der Waals surface area contributed by atoms with Gasteiger partial charge in [0.2, 0.25) is 0 Å². The van der Waals surface area contributed by atoms with Crippen LogP contribution in [0.3, 0.4) is 0 Å². The molecule has 1 aromatic rings. The van der Waals surface area contributed by atoms with Crippen molar-refractivity contribution in [3.05, 3.63) is 22.3 Å². The van der Waals surface area contributed by atoms with Crippen molar-refractivity contribution < 1.29 is 31.1 Å². The monoisotopic (exact) mass is 386 g/mol. The standard InChI is InChI=1S/C17H24BFO6S/c1-9-12(15(20)23-8)10(2)14(26(19,21)22)11(3)13(9)18-24-16(4,5)17(6,7)25-18/h1-8H3. The Morgan fingerprint density at radius 3 is 1.85 bits per heavy atom. The summed E-state index contributed by atoms with van der Waals surface area (Å²) >= 11 is 0. The van der Waals surface area contributed by atoms with Crippen LogP contribution >= 0.6 is 0 Å². The number of methoxy groups -OCH3 is 1. The number of carbonyl (C=O) groups is 1. The first kappa shape index (κ1) is 20.9. The fourth-order valence-electron chi connectivity index (χ4n) is 3.30. The quantitative estimate of drug-likeness (QED) is 0.451. The topological polar surface area (TPSA) is 78.9 Å². The number of ether oxygens (including phenoxy) is 1. The van der Waals surface area contributed by atoms with Gasteiger partial charge in [0.15, 0.2) is 0 Å². The Labute approximate surface area is 154 Å². The van der Waals surface area contributed by atoms with Crippen LogP contribution < -0.4 is 5.46 Å². The van der Waals surface area contributed by atoms with E-state index in [-0.39, 0.29) is 16.7 Å². The molecule has 1 aromatic carbocycles. The predicted molar refractivity (Wildman–Crippen MR) is 96.0 cm³/mol. The summed E-state index contributed by atoms with van der Waals surface area (Å²) in [6.07, 6.45) is 0. The van der Waals surface area contributed by atoms with Gasteiger partial charge in [-0.25, -0.2) is 4.79 Å². The van der Waals surface area contributed by atoms with Crippen LogP contribution in [0.15, 0.2) is 4.90 Å². The largest absolute Gasteiger partial charge is 0.495 e. The number of hydrogen-bond acceptors (Lipinski definition) is 6. The maximum absolute atomic E-state index is 14.0. The van der Waals surface area contributed by atoms with Gasteiger partial charge in [0.1, 0.15) is 4.90 Å². The van der Waals surface area contributed by atoms with Crippen LogP contribution in [-0.2, 0) is 24.3 Å². The molecule has 0 radical (unpaired) electrons. The Balaban J connectivity index is 2.85. The molecular formula is C17H24BFO6S. The first-order valence-corrected chi connectivity index (χ1v) is 9.56. The van der Waals surface area contributed by atoms with Gasteiger partial charge in [0.25, 0.3) is 0 Å². The van der Waals surface area contributed by atoms with E-state index in [1.165, 1.54) is 21.0 Å². The third-order valence-corrected chi connectivity index (χ3v) is 6.46. The van der Waals surface area contributed by atoms with Crippen molar-refractivity contribution in [1.29, 1.82) is 0 Å². The summed E-state index contributed by atoms with van der Waals surface area (Å²) in [5.41, 5.74) is -0.422. The summed E-state index contributed by atoms with van der Waals surface area (Å²) in [6, 6.07) is 0. The molecule has 0 spiro atoms. The van der Waals surface area contributed by atoms with Gasteiger partial charge in [-0.2, -0.15) is 8.42 Å². The van der Waals surface area contributed by atoms with Crippen LogP contribution in [0.25, 0.3) is 0 Å². The van der Waals surface area contributed by atoms with Gasteiger partial charge in [-0.15, -0.1) is 3.89 Å². The predicted octanol–water partition coefficient (Wildman–Crippen LogP) is 2.36. The lowest BCUT2D eigenvalue weighted by Gasteiger charge is -2.32. The van der Waals surface area contributed by atoms with E-state index in [0.29, 0.717) is 11.0 Å². The lowest BCUT2D eigenvalue weighted by molar-refractivity contribution is 0.00578. The van der Waals surface area contributed by atoms with E-state index in [1.54, 1.807) is 6.92 Å². The molecule has 0 aromatic heterocycles. The molecule has 1 aliphatic heterocycles. The van der Waals surface area contributed by atoms with Gasteiger partial charge in [-0.05, 0) is 70.6 Å². The minimum absolute atomic E-state index is 0.000891. The molecule has 1 heterocycles.